The fourth-order valence-electron chi connectivity index (χ4n) is 8.18. The Balaban J connectivity index is 1.59. The zero-order valence-corrected chi connectivity index (χ0v) is 34.8. The van der Waals surface area contributed by atoms with Crippen molar-refractivity contribution in [3.05, 3.63) is 138 Å². The molecule has 0 bridgehead atoms. The fraction of sp³-hybridized carbons (Fsp3) is 0.333. The summed E-state index contributed by atoms with van der Waals surface area (Å²) in [5, 5.41) is 2.85. The summed E-state index contributed by atoms with van der Waals surface area (Å²) in [6, 6.07) is 37.9. The van der Waals surface area contributed by atoms with E-state index < -0.39 is 16.1 Å². The molecular weight excluding hydrogens is 649 g/mol. The molecule has 264 valence electrons. The normalized spacial score (nSPS) is 15.2. The molecule has 3 heteroatoms. The van der Waals surface area contributed by atoms with Crippen molar-refractivity contribution in [1.29, 1.82) is 0 Å². The summed E-state index contributed by atoms with van der Waals surface area (Å²) in [7, 11) is -4.07. The smallest absolute Gasteiger partial charge is 0.118 e. The highest BCUT2D eigenvalue weighted by molar-refractivity contribution is 6.94. The lowest BCUT2D eigenvalue weighted by Crippen LogP contribution is -2.52. The molecule has 5 aromatic carbocycles. The van der Waals surface area contributed by atoms with Gasteiger partial charge in [-0.3, -0.25) is 0 Å². The van der Waals surface area contributed by atoms with Gasteiger partial charge in [-0.15, -0.1) is 0 Å². The van der Waals surface area contributed by atoms with Crippen LogP contribution in [0.25, 0.3) is 33.4 Å². The molecule has 51 heavy (non-hydrogen) atoms. The second kappa shape index (κ2) is 14.6. The Kier molecular flexibility index (Phi) is 10.5. The standard InChI is InChI=1S/C48H58OSi2/c1-12-25-49-47-45(50(7,8)9)26-32(4)27-46(47)51(10,11)48-43-30-39(37-19-15-17-35(28-37)33(5)13-2)21-23-41(43)42-24-22-40(31-44(42)48)38-20-16-18-36(29-38)34(6)14-3/h12,15-24,26-31,33-34,48H,1,13-14,25H2,2-11H3. The molecule has 1 nitrogen and oxygen atoms in total. The minimum Gasteiger partial charge on any atom is -0.490 e. The number of rotatable bonds is 12. The maximum absolute atomic E-state index is 6.75. The molecule has 6 rings (SSSR count). The van der Waals surface area contributed by atoms with E-state index >= 15 is 0 Å². The predicted molar refractivity (Wildman–Crippen MR) is 229 cm³/mol. The molecule has 0 amide bonds. The first-order chi connectivity index (χ1) is 24.3. The van der Waals surface area contributed by atoms with Gasteiger partial charge in [-0.05, 0) is 97.6 Å². The van der Waals surface area contributed by atoms with Crippen molar-refractivity contribution in [2.24, 2.45) is 0 Å². The quantitative estimate of drug-likeness (QED) is 0.0927. The van der Waals surface area contributed by atoms with Gasteiger partial charge in [0, 0.05) is 5.54 Å². The number of hydrogen-bond acceptors (Lipinski definition) is 1. The van der Waals surface area contributed by atoms with Crippen molar-refractivity contribution in [3.8, 4) is 39.1 Å². The Morgan fingerprint density at radius 1 is 0.647 bits per heavy atom. The maximum Gasteiger partial charge on any atom is 0.118 e. The Labute approximate surface area is 310 Å². The molecule has 0 saturated heterocycles. The summed E-state index contributed by atoms with van der Waals surface area (Å²) in [6.45, 7) is 28.6. The summed E-state index contributed by atoms with van der Waals surface area (Å²) < 4.78 is 6.75. The average Bonchev–Trinajstić information content (AvgIpc) is 3.46. The summed E-state index contributed by atoms with van der Waals surface area (Å²) in [4.78, 5) is 0. The first kappa shape index (κ1) is 36.9. The van der Waals surface area contributed by atoms with Crippen molar-refractivity contribution in [2.45, 2.75) is 97.6 Å². The lowest BCUT2D eigenvalue weighted by Gasteiger charge is -2.36. The maximum atomic E-state index is 6.75. The third kappa shape index (κ3) is 7.13. The van der Waals surface area contributed by atoms with Crippen LogP contribution in [0.4, 0.5) is 0 Å². The van der Waals surface area contributed by atoms with Gasteiger partial charge < -0.3 is 4.74 Å². The van der Waals surface area contributed by atoms with Crippen LogP contribution in [-0.4, -0.2) is 22.8 Å². The van der Waals surface area contributed by atoms with Crippen LogP contribution in [0.15, 0.2) is 110 Å². The Morgan fingerprint density at radius 3 is 1.57 bits per heavy atom. The topological polar surface area (TPSA) is 9.23 Å². The summed E-state index contributed by atoms with van der Waals surface area (Å²) >= 11 is 0. The minimum absolute atomic E-state index is 0.264. The van der Waals surface area contributed by atoms with E-state index in [0.717, 1.165) is 18.6 Å². The van der Waals surface area contributed by atoms with Gasteiger partial charge in [-0.2, -0.15) is 0 Å². The average molecular weight is 707 g/mol. The van der Waals surface area contributed by atoms with Crippen LogP contribution < -0.4 is 15.1 Å². The van der Waals surface area contributed by atoms with Crippen molar-refractivity contribution < 1.29 is 4.74 Å². The van der Waals surface area contributed by atoms with E-state index in [1.807, 2.05) is 6.08 Å². The molecule has 0 saturated carbocycles. The monoisotopic (exact) mass is 706 g/mol. The van der Waals surface area contributed by atoms with E-state index in [4.69, 9.17) is 4.74 Å². The van der Waals surface area contributed by atoms with Crippen molar-refractivity contribution >= 4 is 26.5 Å². The molecule has 0 spiro atoms. The molecule has 1 aliphatic carbocycles. The van der Waals surface area contributed by atoms with Gasteiger partial charge in [0.25, 0.3) is 0 Å². The number of ether oxygens (including phenoxy) is 1. The Morgan fingerprint density at radius 2 is 1.12 bits per heavy atom. The lowest BCUT2D eigenvalue weighted by atomic mass is 9.93. The Bertz CT molecular complexity index is 1960. The largest absolute Gasteiger partial charge is 0.490 e. The van der Waals surface area contributed by atoms with E-state index in [1.54, 1.807) is 0 Å². The van der Waals surface area contributed by atoms with E-state index in [9.17, 15) is 0 Å². The molecule has 0 aromatic heterocycles. The van der Waals surface area contributed by atoms with Crippen LogP contribution >= 0.6 is 0 Å². The SMILES string of the molecule is C=CCOc1c([Si](C)(C)C)cc(C)cc1[Si](C)(C)C1c2cc(-c3cccc(C(C)CC)c3)ccc2-c2ccc(-c3cccc(C(C)CC)c3)cc21. The summed E-state index contributed by atoms with van der Waals surface area (Å²) in [5.41, 5.74) is 15.3. The lowest BCUT2D eigenvalue weighted by molar-refractivity contribution is 0.368. The van der Waals surface area contributed by atoms with E-state index in [2.05, 4.69) is 171 Å². The first-order valence-corrected chi connectivity index (χ1v) is 25.7. The van der Waals surface area contributed by atoms with E-state index in [1.165, 1.54) is 71.6 Å². The third-order valence-corrected chi connectivity index (χ3v) is 17.4. The molecule has 0 heterocycles. The van der Waals surface area contributed by atoms with Crippen LogP contribution in [0.2, 0.25) is 32.7 Å². The zero-order valence-electron chi connectivity index (χ0n) is 32.8. The van der Waals surface area contributed by atoms with Crippen molar-refractivity contribution in [2.75, 3.05) is 6.61 Å². The van der Waals surface area contributed by atoms with Crippen molar-refractivity contribution in [3.63, 3.8) is 0 Å². The number of benzene rings is 5. The highest BCUT2D eigenvalue weighted by atomic mass is 28.3. The van der Waals surface area contributed by atoms with Gasteiger partial charge in [0.1, 0.15) is 12.4 Å². The second-order valence-electron chi connectivity index (χ2n) is 16.7. The van der Waals surface area contributed by atoms with Crippen LogP contribution in [0, 0.1) is 6.92 Å². The van der Waals surface area contributed by atoms with Gasteiger partial charge >= 0.3 is 0 Å². The number of fused-ring (bicyclic) bond motifs is 3. The molecular formula is C48H58OSi2. The molecule has 0 fully saturated rings. The summed E-state index contributed by atoms with van der Waals surface area (Å²) in [5.74, 6) is 2.20. The number of hydrogen-bond donors (Lipinski definition) is 0. The van der Waals surface area contributed by atoms with Crippen LogP contribution in [-0.2, 0) is 0 Å². The van der Waals surface area contributed by atoms with E-state index in [-0.39, 0.29) is 5.54 Å². The van der Waals surface area contributed by atoms with Crippen molar-refractivity contribution in [1.82, 2.24) is 0 Å². The van der Waals surface area contributed by atoms with Crippen LogP contribution in [0.3, 0.4) is 0 Å². The van der Waals surface area contributed by atoms with Gasteiger partial charge in [-0.25, -0.2) is 0 Å². The molecule has 5 aromatic rings. The minimum atomic E-state index is -2.34. The molecule has 2 atom stereocenters. The van der Waals surface area contributed by atoms with Crippen LogP contribution in [0.5, 0.6) is 5.75 Å². The van der Waals surface area contributed by atoms with Gasteiger partial charge in [-0.1, -0.05) is 176 Å². The summed E-state index contributed by atoms with van der Waals surface area (Å²) in [6.07, 6.45) is 4.17. The second-order valence-corrected chi connectivity index (χ2v) is 26.3. The molecule has 0 radical (unpaired) electrons. The number of aryl methyl sites for hydroxylation is 1. The zero-order chi connectivity index (χ0) is 36.7. The van der Waals surface area contributed by atoms with Crippen LogP contribution in [0.1, 0.15) is 85.7 Å². The molecule has 0 aliphatic heterocycles. The highest BCUT2D eigenvalue weighted by Gasteiger charge is 2.45. The predicted octanol–water partition coefficient (Wildman–Crippen LogP) is 12.7. The first-order valence-electron chi connectivity index (χ1n) is 19.2. The molecule has 2 unspecified atom stereocenters. The highest BCUT2D eigenvalue weighted by Crippen LogP contribution is 2.51. The third-order valence-electron chi connectivity index (χ3n) is 11.6. The fourth-order valence-corrected chi connectivity index (χ4v) is 13.6. The van der Waals surface area contributed by atoms with Gasteiger partial charge in [0.15, 0.2) is 0 Å². The van der Waals surface area contributed by atoms with Gasteiger partial charge in [0.2, 0.25) is 0 Å². The Hall–Kier alpha value is -3.93. The van der Waals surface area contributed by atoms with E-state index in [0.29, 0.717) is 18.4 Å². The molecule has 1 aliphatic rings. The van der Waals surface area contributed by atoms with Gasteiger partial charge in [0.05, 0.1) is 16.1 Å². The molecule has 0 N–H and O–H groups in total.